The van der Waals surface area contributed by atoms with E-state index < -0.39 is 17.5 Å². The molecule has 0 saturated carbocycles. The first kappa shape index (κ1) is 15.1. The molecular formula is C13H13Cl2NO4. The average Bonchev–Trinajstić information content (AvgIpc) is 2.87. The second-order valence-corrected chi connectivity index (χ2v) is 5.26. The van der Waals surface area contributed by atoms with Crippen LogP contribution in [-0.4, -0.2) is 31.2 Å². The highest BCUT2D eigenvalue weighted by atomic mass is 35.5. The van der Waals surface area contributed by atoms with Gasteiger partial charge >= 0.3 is 5.97 Å². The van der Waals surface area contributed by atoms with E-state index >= 15 is 0 Å². The number of hydrogen-bond acceptors (Lipinski definition) is 4. The molecule has 1 atom stereocenters. The molecule has 1 unspecified atom stereocenters. The van der Waals surface area contributed by atoms with E-state index in [1.165, 1.54) is 19.2 Å². The molecule has 0 spiro atoms. The molecule has 108 valence electrons. The molecule has 1 saturated heterocycles. The molecule has 1 heterocycles. The Morgan fingerprint density at radius 2 is 1.95 bits per heavy atom. The predicted octanol–water partition coefficient (Wildman–Crippen LogP) is 2.65. The van der Waals surface area contributed by atoms with E-state index in [9.17, 15) is 9.59 Å². The zero-order chi connectivity index (χ0) is 14.8. The van der Waals surface area contributed by atoms with Gasteiger partial charge in [-0.05, 0) is 31.0 Å². The molecule has 0 bridgehead atoms. The SMILES string of the molecule is COC(=O)C1(C(=O)Nc2cc(Cl)cc(Cl)c2)CCCO1. The molecule has 0 aromatic heterocycles. The van der Waals surface area contributed by atoms with Crippen LogP contribution in [0.25, 0.3) is 0 Å². The molecule has 2 rings (SSSR count). The maximum absolute atomic E-state index is 12.3. The van der Waals surface area contributed by atoms with Crippen molar-refractivity contribution in [2.45, 2.75) is 18.4 Å². The van der Waals surface area contributed by atoms with Crippen LogP contribution < -0.4 is 5.32 Å². The molecule has 1 aliphatic rings. The molecule has 1 amide bonds. The first-order valence-electron chi connectivity index (χ1n) is 5.98. The summed E-state index contributed by atoms with van der Waals surface area (Å²) in [7, 11) is 1.22. The van der Waals surface area contributed by atoms with Crippen molar-refractivity contribution in [1.29, 1.82) is 0 Å². The van der Waals surface area contributed by atoms with Crippen LogP contribution in [0, 0.1) is 0 Å². The molecule has 20 heavy (non-hydrogen) atoms. The van der Waals surface area contributed by atoms with Gasteiger partial charge in [0.25, 0.3) is 5.91 Å². The number of methoxy groups -OCH3 is 1. The highest BCUT2D eigenvalue weighted by Gasteiger charge is 2.51. The number of halogens is 2. The van der Waals surface area contributed by atoms with Crippen molar-refractivity contribution in [2.24, 2.45) is 0 Å². The number of carbonyl (C=O) groups is 2. The summed E-state index contributed by atoms with van der Waals surface area (Å²) in [6, 6.07) is 4.61. The highest BCUT2D eigenvalue weighted by Crippen LogP contribution is 2.30. The molecule has 0 aliphatic carbocycles. The molecule has 7 heteroatoms. The maximum atomic E-state index is 12.3. The van der Waals surface area contributed by atoms with Gasteiger partial charge in [-0.2, -0.15) is 0 Å². The lowest BCUT2D eigenvalue weighted by Gasteiger charge is -2.24. The van der Waals surface area contributed by atoms with Gasteiger partial charge in [0.05, 0.1) is 7.11 Å². The minimum Gasteiger partial charge on any atom is -0.466 e. The number of hydrogen-bond donors (Lipinski definition) is 1. The van der Waals surface area contributed by atoms with Crippen LogP contribution in [0.1, 0.15) is 12.8 Å². The van der Waals surface area contributed by atoms with Gasteiger partial charge < -0.3 is 14.8 Å². The van der Waals surface area contributed by atoms with Gasteiger partial charge in [0, 0.05) is 22.3 Å². The van der Waals surface area contributed by atoms with Crippen LogP contribution in [-0.2, 0) is 19.1 Å². The van der Waals surface area contributed by atoms with Gasteiger partial charge in [-0.25, -0.2) is 4.79 Å². The number of benzene rings is 1. The van der Waals surface area contributed by atoms with Crippen molar-refractivity contribution in [3.8, 4) is 0 Å². The fourth-order valence-corrected chi connectivity index (χ4v) is 2.62. The van der Waals surface area contributed by atoms with Crippen molar-refractivity contribution < 1.29 is 19.1 Å². The van der Waals surface area contributed by atoms with Gasteiger partial charge in [0.15, 0.2) is 0 Å². The van der Waals surface area contributed by atoms with Crippen molar-refractivity contribution in [1.82, 2.24) is 0 Å². The largest absolute Gasteiger partial charge is 0.466 e. The number of carbonyl (C=O) groups excluding carboxylic acids is 2. The van der Waals surface area contributed by atoms with Crippen molar-refractivity contribution >= 4 is 40.8 Å². The zero-order valence-electron chi connectivity index (χ0n) is 10.7. The Kier molecular flexibility index (Phi) is 4.52. The lowest BCUT2D eigenvalue weighted by Crippen LogP contribution is -2.50. The van der Waals surface area contributed by atoms with Gasteiger partial charge in [-0.3, -0.25) is 4.79 Å². The zero-order valence-corrected chi connectivity index (χ0v) is 12.3. The summed E-state index contributed by atoms with van der Waals surface area (Å²) in [5.74, 6) is -1.29. The average molecular weight is 318 g/mol. The van der Waals surface area contributed by atoms with E-state index in [1.807, 2.05) is 0 Å². The van der Waals surface area contributed by atoms with Crippen molar-refractivity contribution in [2.75, 3.05) is 19.0 Å². The van der Waals surface area contributed by atoms with Gasteiger partial charge in [-0.15, -0.1) is 0 Å². The Labute approximate surface area is 126 Å². The van der Waals surface area contributed by atoms with Crippen molar-refractivity contribution in [3.05, 3.63) is 28.2 Å². The topological polar surface area (TPSA) is 64.6 Å². The number of rotatable bonds is 3. The summed E-state index contributed by atoms with van der Waals surface area (Å²) in [6.07, 6.45) is 0.888. The lowest BCUT2D eigenvalue weighted by atomic mass is 9.99. The standard InChI is InChI=1S/C13H13Cl2NO4/c1-19-12(18)13(3-2-4-20-13)11(17)16-10-6-8(14)5-9(15)7-10/h5-7H,2-4H2,1H3,(H,16,17). The Hall–Kier alpha value is -1.30. The minimum absolute atomic E-state index is 0.278. The Morgan fingerprint density at radius 3 is 2.45 bits per heavy atom. The third-order valence-corrected chi connectivity index (χ3v) is 3.46. The van der Waals surface area contributed by atoms with Crippen LogP contribution >= 0.6 is 23.2 Å². The quantitative estimate of drug-likeness (QED) is 0.687. The van der Waals surface area contributed by atoms with Gasteiger partial charge in [-0.1, -0.05) is 23.2 Å². The maximum Gasteiger partial charge on any atom is 0.348 e. The summed E-state index contributed by atoms with van der Waals surface area (Å²) in [6.45, 7) is 0.332. The van der Waals surface area contributed by atoms with Crippen LogP contribution in [0.3, 0.4) is 0 Å². The first-order valence-corrected chi connectivity index (χ1v) is 6.73. The minimum atomic E-state index is -1.59. The number of amides is 1. The Bertz CT molecular complexity index is 521. The number of anilines is 1. The summed E-state index contributed by atoms with van der Waals surface area (Å²) < 4.78 is 10.0. The smallest absolute Gasteiger partial charge is 0.348 e. The molecule has 0 radical (unpaired) electrons. The molecule has 1 aliphatic heterocycles. The van der Waals surface area contributed by atoms with E-state index in [-0.39, 0.29) is 6.42 Å². The Balaban J connectivity index is 2.23. The third-order valence-electron chi connectivity index (χ3n) is 3.02. The van der Waals surface area contributed by atoms with E-state index in [2.05, 4.69) is 10.1 Å². The van der Waals surface area contributed by atoms with Crippen LogP contribution in [0.5, 0.6) is 0 Å². The predicted molar refractivity (Wildman–Crippen MR) is 75.0 cm³/mol. The van der Waals surface area contributed by atoms with Gasteiger partial charge in [0.2, 0.25) is 5.60 Å². The first-order chi connectivity index (χ1) is 9.48. The van der Waals surface area contributed by atoms with Crippen LogP contribution in [0.2, 0.25) is 10.0 Å². The second-order valence-electron chi connectivity index (χ2n) is 4.38. The number of ether oxygens (including phenoxy) is 2. The lowest BCUT2D eigenvalue weighted by molar-refractivity contribution is -0.168. The molecule has 1 N–H and O–H groups in total. The fourth-order valence-electron chi connectivity index (χ4n) is 2.10. The van der Waals surface area contributed by atoms with Gasteiger partial charge in [0.1, 0.15) is 0 Å². The molecular weight excluding hydrogens is 305 g/mol. The van der Waals surface area contributed by atoms with E-state index in [1.54, 1.807) is 6.07 Å². The second kappa shape index (κ2) is 5.99. The highest BCUT2D eigenvalue weighted by molar-refractivity contribution is 6.35. The molecule has 1 fully saturated rings. The molecule has 1 aromatic rings. The normalized spacial score (nSPS) is 21.6. The van der Waals surface area contributed by atoms with E-state index in [4.69, 9.17) is 27.9 Å². The third kappa shape index (κ3) is 2.90. The fraction of sp³-hybridized carbons (Fsp3) is 0.385. The van der Waals surface area contributed by atoms with Crippen LogP contribution in [0.4, 0.5) is 5.69 Å². The summed E-state index contributed by atoms with van der Waals surface area (Å²) in [4.78, 5) is 24.2. The summed E-state index contributed by atoms with van der Waals surface area (Å²) in [5.41, 5.74) is -1.20. The molecule has 1 aromatic carbocycles. The number of nitrogens with one attached hydrogen (secondary N) is 1. The number of esters is 1. The monoisotopic (exact) mass is 317 g/mol. The van der Waals surface area contributed by atoms with Crippen LogP contribution in [0.15, 0.2) is 18.2 Å². The van der Waals surface area contributed by atoms with E-state index in [0.29, 0.717) is 28.8 Å². The van der Waals surface area contributed by atoms with Crippen molar-refractivity contribution in [3.63, 3.8) is 0 Å². The van der Waals surface area contributed by atoms with E-state index in [0.717, 1.165) is 0 Å². The molecule has 5 nitrogen and oxygen atoms in total. The Morgan fingerprint density at radius 1 is 1.30 bits per heavy atom. The summed E-state index contributed by atoms with van der Waals surface area (Å²) >= 11 is 11.7. The summed E-state index contributed by atoms with van der Waals surface area (Å²) in [5, 5.41) is 3.35.